The maximum atomic E-state index is 12.5. The third kappa shape index (κ3) is 3.74. The van der Waals surface area contributed by atoms with E-state index in [-0.39, 0.29) is 0 Å². The van der Waals surface area contributed by atoms with Gasteiger partial charge in [0.2, 0.25) is 0 Å². The molecule has 1 aliphatic rings. The van der Waals surface area contributed by atoms with Gasteiger partial charge < -0.3 is 4.74 Å². The normalized spacial score (nSPS) is 16.2. The number of alkyl halides is 3. The van der Waals surface area contributed by atoms with E-state index in [2.05, 4.69) is 0 Å². The van der Waals surface area contributed by atoms with Gasteiger partial charge in [-0.2, -0.15) is 13.2 Å². The Morgan fingerprint density at radius 1 is 0.958 bits per heavy atom. The Hall–Kier alpha value is -2.82. The molecule has 24 heavy (non-hydrogen) atoms. The van der Waals surface area contributed by atoms with Crippen molar-refractivity contribution in [2.75, 3.05) is 0 Å². The number of carbonyl (C=O) groups is 1. The standard InChI is InChI=1S/C19H13F3O2/c20-19(21,22)16-8-6-14(7-9-16)11-17-12-15(18(23)24-17)10-13-4-2-1-3-5-13/h1-9,11-12H,10H2/b17-11-. The van der Waals surface area contributed by atoms with Crippen molar-refractivity contribution in [3.05, 3.63) is 88.7 Å². The van der Waals surface area contributed by atoms with Gasteiger partial charge in [-0.1, -0.05) is 42.5 Å². The van der Waals surface area contributed by atoms with E-state index >= 15 is 0 Å². The molecule has 0 radical (unpaired) electrons. The number of carbonyl (C=O) groups excluding carboxylic acids is 1. The number of cyclic esters (lactones) is 1. The second kappa shape index (κ2) is 6.35. The summed E-state index contributed by atoms with van der Waals surface area (Å²) >= 11 is 0. The zero-order chi connectivity index (χ0) is 17.2. The first-order valence-electron chi connectivity index (χ1n) is 7.27. The topological polar surface area (TPSA) is 26.3 Å². The van der Waals surface area contributed by atoms with Gasteiger partial charge in [-0.05, 0) is 35.4 Å². The number of benzene rings is 2. The molecule has 0 unspecified atom stereocenters. The van der Waals surface area contributed by atoms with E-state index in [1.165, 1.54) is 18.2 Å². The molecule has 0 aromatic heterocycles. The minimum atomic E-state index is -4.37. The van der Waals surface area contributed by atoms with Crippen molar-refractivity contribution in [1.29, 1.82) is 0 Å². The van der Waals surface area contributed by atoms with Gasteiger partial charge in [-0.3, -0.25) is 0 Å². The third-order valence-corrected chi connectivity index (χ3v) is 3.57. The minimum Gasteiger partial charge on any atom is -0.423 e. The van der Waals surface area contributed by atoms with Crippen LogP contribution in [0.3, 0.4) is 0 Å². The predicted molar refractivity (Wildman–Crippen MR) is 83.7 cm³/mol. The van der Waals surface area contributed by atoms with Crippen LogP contribution in [0.1, 0.15) is 16.7 Å². The van der Waals surface area contributed by atoms with Crippen LogP contribution in [-0.2, 0) is 22.1 Å². The van der Waals surface area contributed by atoms with Crippen LogP contribution in [0.25, 0.3) is 6.08 Å². The molecule has 0 bridgehead atoms. The van der Waals surface area contributed by atoms with Gasteiger partial charge >= 0.3 is 12.1 Å². The van der Waals surface area contributed by atoms with Crippen molar-refractivity contribution in [1.82, 2.24) is 0 Å². The van der Waals surface area contributed by atoms with Gasteiger partial charge in [-0.25, -0.2) is 4.79 Å². The van der Waals surface area contributed by atoms with Gasteiger partial charge in [0.05, 0.1) is 5.56 Å². The molecular weight excluding hydrogens is 317 g/mol. The Kier molecular flexibility index (Phi) is 4.25. The third-order valence-electron chi connectivity index (χ3n) is 3.57. The lowest BCUT2D eigenvalue weighted by molar-refractivity contribution is -0.137. The molecule has 1 heterocycles. The molecule has 5 heteroatoms. The van der Waals surface area contributed by atoms with E-state index < -0.39 is 17.7 Å². The molecule has 2 aromatic carbocycles. The summed E-state index contributed by atoms with van der Waals surface area (Å²) in [5.41, 5.74) is 1.31. The summed E-state index contributed by atoms with van der Waals surface area (Å²) < 4.78 is 42.8. The summed E-state index contributed by atoms with van der Waals surface area (Å²) in [7, 11) is 0. The van der Waals surface area contributed by atoms with Gasteiger partial charge in [0.15, 0.2) is 0 Å². The fourth-order valence-corrected chi connectivity index (χ4v) is 2.38. The Bertz CT molecular complexity index is 801. The highest BCUT2D eigenvalue weighted by atomic mass is 19.4. The van der Waals surface area contributed by atoms with Crippen LogP contribution in [0, 0.1) is 0 Å². The average Bonchev–Trinajstić information content (AvgIpc) is 2.87. The van der Waals surface area contributed by atoms with E-state index in [1.807, 2.05) is 30.3 Å². The summed E-state index contributed by atoms with van der Waals surface area (Å²) in [6.07, 6.45) is -0.763. The SMILES string of the molecule is O=C1O/C(=C\c2ccc(C(F)(F)F)cc2)C=C1Cc1ccccc1. The predicted octanol–water partition coefficient (Wildman–Crippen LogP) is 4.77. The lowest BCUT2D eigenvalue weighted by Crippen LogP contribution is -2.04. The highest BCUT2D eigenvalue weighted by Crippen LogP contribution is 2.30. The molecule has 0 aliphatic carbocycles. The fraction of sp³-hybridized carbons (Fsp3) is 0.105. The molecule has 0 saturated carbocycles. The first kappa shape index (κ1) is 16.1. The molecular formula is C19H13F3O2. The van der Waals surface area contributed by atoms with Crippen molar-refractivity contribution in [2.24, 2.45) is 0 Å². The summed E-state index contributed by atoms with van der Waals surface area (Å²) in [4.78, 5) is 11.9. The van der Waals surface area contributed by atoms with E-state index in [1.54, 1.807) is 6.08 Å². The van der Waals surface area contributed by atoms with Crippen molar-refractivity contribution >= 4 is 12.0 Å². The highest BCUT2D eigenvalue weighted by Gasteiger charge is 2.30. The van der Waals surface area contributed by atoms with Crippen LogP contribution in [0.4, 0.5) is 13.2 Å². The van der Waals surface area contributed by atoms with E-state index in [0.29, 0.717) is 23.3 Å². The lowest BCUT2D eigenvalue weighted by Gasteiger charge is -2.06. The number of ether oxygens (including phenoxy) is 1. The second-order valence-electron chi connectivity index (χ2n) is 5.39. The number of halogens is 3. The Morgan fingerprint density at radius 2 is 1.62 bits per heavy atom. The van der Waals surface area contributed by atoms with Gasteiger partial charge in [0.25, 0.3) is 0 Å². The molecule has 0 amide bonds. The maximum absolute atomic E-state index is 12.5. The van der Waals surface area contributed by atoms with Crippen LogP contribution in [0.15, 0.2) is 72.0 Å². The zero-order valence-corrected chi connectivity index (χ0v) is 12.5. The summed E-state index contributed by atoms with van der Waals surface area (Å²) in [5.74, 6) is -0.109. The van der Waals surface area contributed by atoms with Crippen LogP contribution in [0.2, 0.25) is 0 Å². The van der Waals surface area contributed by atoms with Gasteiger partial charge in [-0.15, -0.1) is 0 Å². The Balaban J connectivity index is 1.77. The monoisotopic (exact) mass is 330 g/mol. The summed E-state index contributed by atoms with van der Waals surface area (Å²) in [6.45, 7) is 0. The largest absolute Gasteiger partial charge is 0.423 e. The summed E-state index contributed by atoms with van der Waals surface area (Å²) in [6, 6.07) is 14.2. The first-order valence-corrected chi connectivity index (χ1v) is 7.27. The lowest BCUT2D eigenvalue weighted by atomic mass is 10.1. The molecule has 0 saturated heterocycles. The highest BCUT2D eigenvalue weighted by molar-refractivity contribution is 5.94. The number of allylic oxidation sites excluding steroid dienone is 1. The Labute approximate surface area is 136 Å². The minimum absolute atomic E-state index is 0.325. The molecule has 3 rings (SSSR count). The van der Waals surface area contributed by atoms with Crippen LogP contribution >= 0.6 is 0 Å². The Morgan fingerprint density at radius 3 is 2.25 bits per heavy atom. The molecule has 0 atom stereocenters. The van der Waals surface area contributed by atoms with Crippen molar-refractivity contribution < 1.29 is 22.7 Å². The second-order valence-corrected chi connectivity index (χ2v) is 5.39. The van der Waals surface area contributed by atoms with E-state index in [4.69, 9.17) is 4.74 Å². The molecule has 2 aromatic rings. The molecule has 1 aliphatic heterocycles. The molecule has 0 fully saturated rings. The molecule has 0 N–H and O–H groups in total. The number of rotatable bonds is 3. The van der Waals surface area contributed by atoms with Crippen molar-refractivity contribution in [2.45, 2.75) is 12.6 Å². The van der Waals surface area contributed by atoms with Crippen LogP contribution < -0.4 is 0 Å². The fourth-order valence-electron chi connectivity index (χ4n) is 2.38. The molecule has 122 valence electrons. The number of hydrogen-bond donors (Lipinski definition) is 0. The van der Waals surface area contributed by atoms with Gasteiger partial charge in [0, 0.05) is 12.0 Å². The number of esters is 1. The van der Waals surface area contributed by atoms with E-state index in [9.17, 15) is 18.0 Å². The maximum Gasteiger partial charge on any atom is 0.416 e. The first-order chi connectivity index (χ1) is 11.4. The average molecular weight is 330 g/mol. The van der Waals surface area contributed by atoms with E-state index in [0.717, 1.165) is 17.7 Å². The molecule has 2 nitrogen and oxygen atoms in total. The van der Waals surface area contributed by atoms with Crippen molar-refractivity contribution in [3.8, 4) is 0 Å². The van der Waals surface area contributed by atoms with Crippen molar-refractivity contribution in [3.63, 3.8) is 0 Å². The number of hydrogen-bond acceptors (Lipinski definition) is 2. The molecule has 0 spiro atoms. The summed E-state index contributed by atoms with van der Waals surface area (Å²) in [5, 5.41) is 0. The van der Waals surface area contributed by atoms with Gasteiger partial charge in [0.1, 0.15) is 5.76 Å². The smallest absolute Gasteiger partial charge is 0.416 e. The zero-order valence-electron chi connectivity index (χ0n) is 12.5. The quantitative estimate of drug-likeness (QED) is 0.758. The van der Waals surface area contributed by atoms with Crippen LogP contribution in [-0.4, -0.2) is 5.97 Å². The van der Waals surface area contributed by atoms with Crippen LogP contribution in [0.5, 0.6) is 0 Å².